The van der Waals surface area contributed by atoms with E-state index in [-0.39, 0.29) is 42.1 Å². The average Bonchev–Trinajstić information content (AvgIpc) is 3.56. The zero-order valence-corrected chi connectivity index (χ0v) is 20.6. The maximum absolute atomic E-state index is 13.3. The summed E-state index contributed by atoms with van der Waals surface area (Å²) < 4.78 is 5.20. The van der Waals surface area contributed by atoms with Crippen molar-refractivity contribution in [2.75, 3.05) is 19.7 Å². The first-order chi connectivity index (χ1) is 16.8. The number of ether oxygens (including phenoxy) is 1. The van der Waals surface area contributed by atoms with Gasteiger partial charge in [0, 0.05) is 48.2 Å². The van der Waals surface area contributed by atoms with Gasteiger partial charge in [-0.3, -0.25) is 19.8 Å². The third-order valence-corrected chi connectivity index (χ3v) is 7.26. The number of likely N-dealkylation sites (tertiary alicyclic amines) is 2. The van der Waals surface area contributed by atoms with Crippen molar-refractivity contribution in [1.82, 2.24) is 14.8 Å². The van der Waals surface area contributed by atoms with Crippen LogP contribution in [0.25, 0.3) is 10.9 Å². The van der Waals surface area contributed by atoms with Crippen LogP contribution in [-0.4, -0.2) is 70.2 Å². The van der Waals surface area contributed by atoms with Crippen LogP contribution >= 0.6 is 0 Å². The number of hydrogen-bond acceptors (Lipinski definition) is 5. The molecule has 2 unspecified atom stereocenters. The van der Waals surface area contributed by atoms with Crippen LogP contribution < -0.4 is 5.73 Å². The van der Waals surface area contributed by atoms with E-state index >= 15 is 0 Å². The number of nitrogens with zero attached hydrogens (tertiary/aromatic N) is 2. The minimum absolute atomic E-state index is 0.0124. The molecule has 2 aliphatic heterocycles. The number of carbonyl (C=O) groups excluding carboxylic acids is 3. The summed E-state index contributed by atoms with van der Waals surface area (Å²) in [5.41, 5.74) is 8.95. The first-order valence-electron chi connectivity index (χ1n) is 12.5. The smallest absolute Gasteiger partial charge is 0.310 e. The third kappa shape index (κ3) is 5.18. The van der Waals surface area contributed by atoms with E-state index in [2.05, 4.69) is 4.98 Å². The van der Waals surface area contributed by atoms with Crippen molar-refractivity contribution < 1.29 is 19.1 Å². The van der Waals surface area contributed by atoms with Crippen molar-refractivity contribution in [3.63, 3.8) is 0 Å². The number of esters is 1. The second-order valence-corrected chi connectivity index (χ2v) is 9.47. The van der Waals surface area contributed by atoms with Crippen molar-refractivity contribution in [3.05, 3.63) is 35.0 Å². The number of hydrogen-bond donors (Lipinski definition) is 3. The van der Waals surface area contributed by atoms with E-state index in [1.165, 1.54) is 6.92 Å². The first-order valence-corrected chi connectivity index (χ1v) is 12.5. The molecular weight excluding hydrogens is 446 g/mol. The summed E-state index contributed by atoms with van der Waals surface area (Å²) in [5.74, 6) is -0.270. The summed E-state index contributed by atoms with van der Waals surface area (Å²) in [5, 5.41) is 8.65. The molecule has 35 heavy (non-hydrogen) atoms. The van der Waals surface area contributed by atoms with Crippen LogP contribution in [0.2, 0.25) is 0 Å². The molecule has 1 aromatic heterocycles. The summed E-state index contributed by atoms with van der Waals surface area (Å²) in [4.78, 5) is 44.8. The lowest BCUT2D eigenvalue weighted by molar-refractivity contribution is -0.143. The van der Waals surface area contributed by atoms with Gasteiger partial charge in [0.05, 0.1) is 13.0 Å². The van der Waals surface area contributed by atoms with Gasteiger partial charge in [0.1, 0.15) is 11.9 Å². The molecule has 2 amide bonds. The predicted molar refractivity (Wildman–Crippen MR) is 133 cm³/mol. The van der Waals surface area contributed by atoms with Crippen LogP contribution in [0.1, 0.15) is 62.8 Å². The Labute approximate surface area is 205 Å². The van der Waals surface area contributed by atoms with Crippen molar-refractivity contribution in [3.8, 4) is 0 Å². The zero-order valence-electron chi connectivity index (χ0n) is 20.6. The fraction of sp³-hybridized carbons (Fsp3) is 0.538. The lowest BCUT2D eigenvalue weighted by atomic mass is 10.0. The van der Waals surface area contributed by atoms with Gasteiger partial charge in [-0.05, 0) is 57.1 Å². The van der Waals surface area contributed by atoms with Crippen molar-refractivity contribution >= 4 is 34.5 Å². The molecule has 0 spiro atoms. The quantitative estimate of drug-likeness (QED) is 0.303. The van der Waals surface area contributed by atoms with Crippen LogP contribution in [0.15, 0.2) is 18.2 Å². The van der Waals surface area contributed by atoms with Crippen LogP contribution in [-0.2, 0) is 32.0 Å². The number of fused-ring (bicyclic) bond motifs is 1. The molecule has 0 radical (unpaired) electrons. The van der Waals surface area contributed by atoms with E-state index in [9.17, 15) is 14.4 Å². The Morgan fingerprint density at radius 1 is 1.17 bits per heavy atom. The van der Waals surface area contributed by atoms with E-state index in [1.807, 2.05) is 17.0 Å². The largest absolute Gasteiger partial charge is 0.466 e. The first kappa shape index (κ1) is 24.8. The highest BCUT2D eigenvalue weighted by atomic mass is 16.5. The van der Waals surface area contributed by atoms with Gasteiger partial charge < -0.3 is 25.3 Å². The van der Waals surface area contributed by atoms with E-state index in [0.717, 1.165) is 60.8 Å². The maximum atomic E-state index is 13.3. The number of H-pyrrole nitrogens is 1. The molecule has 4 rings (SSSR count). The van der Waals surface area contributed by atoms with E-state index in [0.29, 0.717) is 25.1 Å². The number of nitrogens with two attached hydrogens (primary N) is 1. The van der Waals surface area contributed by atoms with Crippen LogP contribution in [0.4, 0.5) is 0 Å². The molecule has 9 heteroatoms. The van der Waals surface area contributed by atoms with Crippen molar-refractivity contribution in [1.29, 1.82) is 5.41 Å². The fourth-order valence-electron chi connectivity index (χ4n) is 5.58. The summed E-state index contributed by atoms with van der Waals surface area (Å²) in [7, 11) is 0. The molecule has 0 aliphatic carbocycles. The van der Waals surface area contributed by atoms with Gasteiger partial charge in [0.25, 0.3) is 0 Å². The van der Waals surface area contributed by atoms with Gasteiger partial charge >= 0.3 is 5.97 Å². The van der Waals surface area contributed by atoms with E-state index in [4.69, 9.17) is 15.9 Å². The van der Waals surface area contributed by atoms with Crippen molar-refractivity contribution in [2.45, 2.75) is 70.9 Å². The second-order valence-electron chi connectivity index (χ2n) is 9.47. The molecule has 2 atom stereocenters. The predicted octanol–water partition coefficient (Wildman–Crippen LogP) is 2.49. The number of amidine groups is 1. The molecule has 0 saturated carbocycles. The number of benzene rings is 1. The number of rotatable bonds is 8. The van der Waals surface area contributed by atoms with Crippen LogP contribution in [0.5, 0.6) is 0 Å². The number of amides is 2. The molecule has 2 fully saturated rings. The van der Waals surface area contributed by atoms with Gasteiger partial charge in [-0.2, -0.15) is 0 Å². The monoisotopic (exact) mass is 481 g/mol. The molecule has 188 valence electrons. The number of carbonyl (C=O) groups is 3. The molecule has 1 aromatic carbocycles. The summed E-state index contributed by atoms with van der Waals surface area (Å²) >= 11 is 0. The van der Waals surface area contributed by atoms with Gasteiger partial charge in [0.15, 0.2) is 0 Å². The zero-order chi connectivity index (χ0) is 25.1. The normalized spacial score (nSPS) is 19.9. The molecule has 4 N–H and O–H groups in total. The average molecular weight is 482 g/mol. The molecule has 2 aliphatic rings. The van der Waals surface area contributed by atoms with Gasteiger partial charge in [-0.15, -0.1) is 0 Å². The minimum Gasteiger partial charge on any atom is -0.466 e. The Morgan fingerprint density at radius 2 is 1.91 bits per heavy atom. The fourth-order valence-corrected chi connectivity index (χ4v) is 5.58. The number of nitrogens with one attached hydrogen (secondary N) is 2. The second kappa shape index (κ2) is 10.5. The molecule has 9 nitrogen and oxygen atoms in total. The van der Waals surface area contributed by atoms with Crippen LogP contribution in [0.3, 0.4) is 0 Å². The van der Waals surface area contributed by atoms with Gasteiger partial charge in [-0.25, -0.2) is 0 Å². The Morgan fingerprint density at radius 3 is 2.63 bits per heavy atom. The van der Waals surface area contributed by atoms with Gasteiger partial charge in [0.2, 0.25) is 11.8 Å². The summed E-state index contributed by atoms with van der Waals surface area (Å²) in [6.07, 6.45) is 5.07. The lowest BCUT2D eigenvalue weighted by Gasteiger charge is -2.31. The maximum Gasteiger partial charge on any atom is 0.310 e. The SMILES string of the molecule is CCOC(=O)Cc1c(CCC2CCCN2C(=O)C2CCCN2C(C)=O)[nH]c2cc(C(=N)N)ccc12. The molecule has 3 heterocycles. The molecular formula is C26H35N5O4. The van der Waals surface area contributed by atoms with Gasteiger partial charge in [-0.1, -0.05) is 12.1 Å². The Hall–Kier alpha value is -3.36. The lowest BCUT2D eigenvalue weighted by Crippen LogP contribution is -2.48. The number of nitrogen functional groups attached to an aromatic ring is 1. The summed E-state index contributed by atoms with van der Waals surface area (Å²) in [6, 6.07) is 5.27. The Bertz CT molecular complexity index is 1140. The number of aryl methyl sites for hydroxylation is 1. The highest BCUT2D eigenvalue weighted by Gasteiger charge is 2.39. The minimum atomic E-state index is -0.342. The Kier molecular flexibility index (Phi) is 7.42. The standard InChI is InChI=1S/C26H35N5O4/c1-3-35-24(33)15-20-19-10-8-17(25(27)28)14-22(19)29-21(20)11-9-18-6-4-13-31(18)26(34)23-7-5-12-30(23)16(2)32/h8,10,14,18,23,29H,3-7,9,11-13,15H2,1-2H3,(H3,27,28). The van der Waals surface area contributed by atoms with Crippen LogP contribution in [0, 0.1) is 5.41 Å². The van der Waals surface area contributed by atoms with E-state index < -0.39 is 0 Å². The van der Waals surface area contributed by atoms with Crippen molar-refractivity contribution in [2.24, 2.45) is 5.73 Å². The highest BCUT2D eigenvalue weighted by Crippen LogP contribution is 2.30. The van der Waals surface area contributed by atoms with E-state index in [1.54, 1.807) is 17.9 Å². The number of aromatic amines is 1. The number of aromatic nitrogens is 1. The third-order valence-electron chi connectivity index (χ3n) is 7.26. The molecule has 0 bridgehead atoms. The Balaban J connectivity index is 1.54. The highest BCUT2D eigenvalue weighted by molar-refractivity contribution is 5.99. The molecule has 2 saturated heterocycles. The summed E-state index contributed by atoms with van der Waals surface area (Å²) in [6.45, 7) is 5.01. The topological polar surface area (TPSA) is 133 Å². The molecule has 2 aromatic rings.